The first kappa shape index (κ1) is 24.9. The average molecular weight is 461 g/mol. The molecule has 0 bridgehead atoms. The SMILES string of the molecule is CC(C[N-]CC(C)=Nc1c(C)cccc1C)=Nc1c(C)cccc1C.[Cl][Fe+][Cl]. The number of rotatable bonds is 6. The van der Waals surface area contributed by atoms with Crippen LogP contribution in [0.1, 0.15) is 36.1 Å². The van der Waals surface area contributed by atoms with Crippen LogP contribution in [0.25, 0.3) is 5.32 Å². The van der Waals surface area contributed by atoms with E-state index >= 15 is 0 Å². The molecule has 0 N–H and O–H groups in total. The van der Waals surface area contributed by atoms with Crippen LogP contribution in [-0.4, -0.2) is 24.5 Å². The Morgan fingerprint density at radius 3 is 1.32 bits per heavy atom. The minimum atomic E-state index is 0.194. The molecule has 2 aromatic carbocycles. The van der Waals surface area contributed by atoms with Crippen LogP contribution in [0.3, 0.4) is 0 Å². The molecule has 0 aliphatic carbocycles. The van der Waals surface area contributed by atoms with E-state index in [1.54, 1.807) is 0 Å². The third-order valence-electron chi connectivity index (χ3n) is 4.17. The normalized spacial score (nSPS) is 11.9. The molecule has 0 radical (unpaired) electrons. The quantitative estimate of drug-likeness (QED) is 0.315. The van der Waals surface area contributed by atoms with Gasteiger partial charge in [-0.15, -0.1) is 13.1 Å². The molecule has 0 atom stereocenters. The number of para-hydroxylation sites is 2. The van der Waals surface area contributed by atoms with Crippen molar-refractivity contribution in [2.45, 2.75) is 41.5 Å². The number of benzene rings is 2. The molecule has 2 rings (SSSR count). The van der Waals surface area contributed by atoms with Gasteiger partial charge in [0.25, 0.3) is 0 Å². The van der Waals surface area contributed by atoms with Crippen molar-refractivity contribution in [1.29, 1.82) is 0 Å². The summed E-state index contributed by atoms with van der Waals surface area (Å²) in [6.45, 7) is 13.7. The third-order valence-corrected chi connectivity index (χ3v) is 4.17. The Kier molecular flexibility index (Phi) is 11.7. The Morgan fingerprint density at radius 1 is 0.750 bits per heavy atom. The van der Waals surface area contributed by atoms with Gasteiger partial charge in [-0.1, -0.05) is 36.4 Å². The number of halogens is 2. The molecular formula is C22H28Cl2FeN3. The molecule has 6 heteroatoms. The second-order valence-electron chi connectivity index (χ2n) is 6.77. The van der Waals surface area contributed by atoms with Crippen LogP contribution < -0.4 is 0 Å². The van der Waals surface area contributed by atoms with Crippen LogP contribution in [0.15, 0.2) is 46.4 Å². The number of hydrogen-bond acceptors (Lipinski definition) is 2. The molecule has 0 unspecified atom stereocenters. The topological polar surface area (TPSA) is 38.8 Å². The summed E-state index contributed by atoms with van der Waals surface area (Å²) in [5.74, 6) is 0. The van der Waals surface area contributed by atoms with Crippen molar-refractivity contribution in [2.75, 3.05) is 13.1 Å². The van der Waals surface area contributed by atoms with Gasteiger partial charge in [-0.05, 0) is 75.2 Å². The molecular weight excluding hydrogens is 433 g/mol. The van der Waals surface area contributed by atoms with Crippen molar-refractivity contribution < 1.29 is 13.1 Å². The van der Waals surface area contributed by atoms with Crippen LogP contribution >= 0.6 is 20.2 Å². The molecule has 0 amide bonds. The van der Waals surface area contributed by atoms with E-state index < -0.39 is 0 Å². The summed E-state index contributed by atoms with van der Waals surface area (Å²) in [5.41, 5.74) is 8.99. The van der Waals surface area contributed by atoms with E-state index in [4.69, 9.17) is 30.2 Å². The summed E-state index contributed by atoms with van der Waals surface area (Å²) in [6, 6.07) is 12.5. The van der Waals surface area contributed by atoms with Gasteiger partial charge >= 0.3 is 33.3 Å². The van der Waals surface area contributed by atoms with Crippen LogP contribution in [-0.2, 0) is 13.1 Å². The van der Waals surface area contributed by atoms with E-state index in [9.17, 15) is 0 Å². The van der Waals surface area contributed by atoms with Crippen molar-refractivity contribution in [3.63, 3.8) is 0 Å². The molecule has 153 valence electrons. The van der Waals surface area contributed by atoms with Crippen molar-refractivity contribution >= 4 is 43.0 Å². The van der Waals surface area contributed by atoms with Gasteiger partial charge in [0.1, 0.15) is 0 Å². The van der Waals surface area contributed by atoms with Crippen LogP contribution in [0, 0.1) is 27.7 Å². The zero-order valence-corrected chi connectivity index (χ0v) is 19.9. The van der Waals surface area contributed by atoms with Gasteiger partial charge in [-0.2, -0.15) is 0 Å². The van der Waals surface area contributed by atoms with Gasteiger partial charge in [0, 0.05) is 0 Å². The van der Waals surface area contributed by atoms with Crippen molar-refractivity contribution in [3.05, 3.63) is 64.0 Å². The summed E-state index contributed by atoms with van der Waals surface area (Å²) in [7, 11) is 9.53. The summed E-state index contributed by atoms with van der Waals surface area (Å²) in [5, 5.41) is 4.62. The fourth-order valence-corrected chi connectivity index (χ4v) is 2.80. The molecule has 28 heavy (non-hydrogen) atoms. The van der Waals surface area contributed by atoms with Crippen molar-refractivity contribution in [1.82, 2.24) is 0 Å². The van der Waals surface area contributed by atoms with Gasteiger partial charge in [0.05, 0.1) is 11.4 Å². The number of hydrogen-bond donors (Lipinski definition) is 0. The maximum absolute atomic E-state index is 4.76. The second kappa shape index (κ2) is 13.1. The Hall–Kier alpha value is -1.16. The molecule has 0 aliphatic rings. The summed E-state index contributed by atoms with van der Waals surface area (Å²) < 4.78 is 0. The molecule has 3 nitrogen and oxygen atoms in total. The first-order chi connectivity index (χ1) is 13.3. The molecule has 0 aliphatic heterocycles. The zero-order chi connectivity index (χ0) is 21.1. The van der Waals surface area contributed by atoms with Crippen LogP contribution in [0.2, 0.25) is 0 Å². The monoisotopic (exact) mass is 460 g/mol. The van der Waals surface area contributed by atoms with Crippen molar-refractivity contribution in [2.24, 2.45) is 9.98 Å². The summed E-state index contributed by atoms with van der Waals surface area (Å²) in [4.78, 5) is 9.50. The summed E-state index contributed by atoms with van der Waals surface area (Å²) in [6.07, 6.45) is 0. The first-order valence-corrected chi connectivity index (χ1v) is 12.0. The minimum absolute atomic E-state index is 0.194. The Balaban J connectivity index is 0.00000122. The molecule has 0 saturated heterocycles. The van der Waals surface area contributed by atoms with E-state index in [1.807, 2.05) is 13.8 Å². The standard InChI is InChI=1S/C22H28N3.2ClH.Fe/c1-15-9-7-10-16(2)21(15)24-19(5)13-23-14-20(6)25-22-17(3)11-8-12-18(22)4;;;/h7-12H,13-14H2,1-6H3;2*1H;/q-1;;;+3/p-2. The van der Waals surface area contributed by atoms with E-state index in [0.717, 1.165) is 22.8 Å². The van der Waals surface area contributed by atoms with Gasteiger partial charge in [0.2, 0.25) is 0 Å². The van der Waals surface area contributed by atoms with Crippen molar-refractivity contribution in [3.8, 4) is 0 Å². The Morgan fingerprint density at radius 2 is 1.04 bits per heavy atom. The van der Waals surface area contributed by atoms with Gasteiger partial charge in [0.15, 0.2) is 0 Å². The number of aliphatic imine (C=N–C) groups is 2. The third kappa shape index (κ3) is 8.46. The first-order valence-electron chi connectivity index (χ1n) is 8.99. The van der Waals surface area contributed by atoms with Crippen LogP contribution in [0.4, 0.5) is 11.4 Å². The maximum atomic E-state index is 4.76. The van der Waals surface area contributed by atoms with E-state index in [0.29, 0.717) is 13.1 Å². The molecule has 0 saturated carbocycles. The van der Waals surface area contributed by atoms with E-state index in [1.165, 1.54) is 22.3 Å². The number of nitrogens with zero attached hydrogens (tertiary/aromatic N) is 3. The van der Waals surface area contributed by atoms with Gasteiger partial charge in [-0.25, -0.2) is 0 Å². The van der Waals surface area contributed by atoms with Gasteiger partial charge < -0.3 is 5.32 Å². The van der Waals surface area contributed by atoms with Gasteiger partial charge in [-0.3, -0.25) is 9.98 Å². The van der Waals surface area contributed by atoms with E-state index in [-0.39, 0.29) is 13.1 Å². The second-order valence-corrected chi connectivity index (χ2v) is 8.59. The number of aryl methyl sites for hydroxylation is 4. The molecule has 0 aromatic heterocycles. The Bertz CT molecular complexity index is 725. The molecule has 0 fully saturated rings. The van der Waals surface area contributed by atoms with E-state index in [2.05, 4.69) is 69.4 Å². The molecule has 0 spiro atoms. The Labute approximate surface area is 184 Å². The average Bonchev–Trinajstić information content (AvgIpc) is 2.62. The molecule has 2 aromatic rings. The molecule has 0 heterocycles. The van der Waals surface area contributed by atoms with Crippen LogP contribution in [0.5, 0.6) is 0 Å². The fourth-order valence-electron chi connectivity index (χ4n) is 2.80. The predicted molar refractivity (Wildman–Crippen MR) is 122 cm³/mol. The predicted octanol–water partition coefficient (Wildman–Crippen LogP) is 7.56. The summed E-state index contributed by atoms with van der Waals surface area (Å²) >= 11 is 0.194. The zero-order valence-electron chi connectivity index (χ0n) is 17.3. The fraction of sp³-hybridized carbons (Fsp3) is 0.364.